The van der Waals surface area contributed by atoms with Crippen LogP contribution in [-0.4, -0.2) is 28.2 Å². The lowest BCUT2D eigenvalue weighted by atomic mass is 10.2. The summed E-state index contributed by atoms with van der Waals surface area (Å²) in [7, 11) is 0. The number of likely N-dealkylation sites (N-methyl/N-ethyl adjacent to an activating group) is 1. The Kier molecular flexibility index (Phi) is 4.85. The summed E-state index contributed by atoms with van der Waals surface area (Å²) in [4.78, 5) is 18.2. The van der Waals surface area contributed by atoms with E-state index < -0.39 is 0 Å². The fraction of sp³-hybridized carbons (Fsp3) is 0.294. The molecule has 0 aliphatic carbocycles. The normalized spacial score (nSPS) is 21.0. The minimum atomic E-state index is 0.0127. The van der Waals surface area contributed by atoms with Gasteiger partial charge in [-0.05, 0) is 50.6 Å². The monoisotopic (exact) mass is 362 g/mol. The number of amides is 1. The molecule has 0 radical (unpaired) electrons. The van der Waals surface area contributed by atoms with Gasteiger partial charge in [0.05, 0.1) is 15.6 Å². The van der Waals surface area contributed by atoms with Gasteiger partial charge in [-0.15, -0.1) is 0 Å². The second-order valence-corrected chi connectivity index (χ2v) is 8.01. The van der Waals surface area contributed by atoms with Crippen molar-refractivity contribution in [3.63, 3.8) is 0 Å². The maximum absolute atomic E-state index is 12.3. The van der Waals surface area contributed by atoms with Crippen molar-refractivity contribution in [1.29, 1.82) is 0 Å². The summed E-state index contributed by atoms with van der Waals surface area (Å²) in [5, 5.41) is 1.15. The van der Waals surface area contributed by atoms with Crippen LogP contribution in [0.1, 0.15) is 19.4 Å². The van der Waals surface area contributed by atoms with Gasteiger partial charge in [-0.2, -0.15) is 0 Å². The molecule has 0 bridgehead atoms. The van der Waals surface area contributed by atoms with Gasteiger partial charge in [-0.1, -0.05) is 41.8 Å². The van der Waals surface area contributed by atoms with Crippen molar-refractivity contribution in [2.75, 3.05) is 18.0 Å². The fourth-order valence-electron chi connectivity index (χ4n) is 2.60. The van der Waals surface area contributed by atoms with Gasteiger partial charge < -0.3 is 4.90 Å². The molecule has 0 atom stereocenters. The highest BCUT2D eigenvalue weighted by Gasteiger charge is 2.30. The summed E-state index contributed by atoms with van der Waals surface area (Å²) in [6, 6.07) is 6.51. The Morgan fingerprint density at radius 3 is 2.52 bits per heavy atom. The summed E-state index contributed by atoms with van der Waals surface area (Å²) in [5.74, 6) is 0.0127. The highest BCUT2D eigenvalue weighted by molar-refractivity contribution is 8.26. The molecule has 3 rings (SSSR count). The number of nitrogens with zero attached hydrogens (tertiary/aromatic N) is 2. The van der Waals surface area contributed by atoms with Crippen LogP contribution in [0.25, 0.3) is 0 Å². The molecule has 0 N–H and O–H groups in total. The zero-order valence-corrected chi connectivity index (χ0v) is 15.8. The molecule has 0 saturated carbocycles. The number of thiocarbonyl (C=S) groups is 1. The van der Waals surface area contributed by atoms with E-state index in [4.69, 9.17) is 12.2 Å². The van der Waals surface area contributed by atoms with Gasteiger partial charge in [0.1, 0.15) is 4.32 Å². The number of hydrogen-bond acceptors (Lipinski definition) is 5. The van der Waals surface area contributed by atoms with Crippen molar-refractivity contribution in [1.82, 2.24) is 4.90 Å². The average molecular weight is 363 g/mol. The Labute approximate surface area is 150 Å². The molecule has 1 amide bonds. The average Bonchev–Trinajstić information content (AvgIpc) is 3.01. The highest BCUT2D eigenvalue weighted by atomic mass is 32.2. The first-order valence-corrected chi connectivity index (χ1v) is 9.61. The largest absolute Gasteiger partial charge is 0.335 e. The van der Waals surface area contributed by atoms with Crippen LogP contribution in [0.2, 0.25) is 0 Å². The van der Waals surface area contributed by atoms with Crippen LogP contribution in [0.5, 0.6) is 0 Å². The molecule has 0 unspecified atom stereocenters. The van der Waals surface area contributed by atoms with Crippen LogP contribution < -0.4 is 4.90 Å². The lowest BCUT2D eigenvalue weighted by Gasteiger charge is -2.17. The van der Waals surface area contributed by atoms with Crippen LogP contribution in [0.4, 0.5) is 5.69 Å². The van der Waals surface area contributed by atoms with E-state index in [1.807, 2.05) is 19.1 Å². The molecule has 3 nitrogen and oxygen atoms in total. The summed E-state index contributed by atoms with van der Waals surface area (Å²) in [6.07, 6.45) is 3.93. The molecule has 2 aliphatic heterocycles. The predicted octanol–water partition coefficient (Wildman–Crippen LogP) is 4.53. The zero-order chi connectivity index (χ0) is 16.6. The molecule has 2 heterocycles. The van der Waals surface area contributed by atoms with E-state index in [1.165, 1.54) is 27.9 Å². The van der Waals surface area contributed by atoms with Gasteiger partial charge in [0.25, 0.3) is 5.91 Å². The van der Waals surface area contributed by atoms with Gasteiger partial charge >= 0.3 is 0 Å². The number of fused-ring (bicyclic) bond motifs is 1. The number of aryl methyl sites for hydroxylation is 1. The number of thioether (sulfide) groups is 2. The number of anilines is 1. The van der Waals surface area contributed by atoms with Crippen LogP contribution in [0.15, 0.2) is 45.2 Å². The molecule has 0 aromatic heterocycles. The lowest BCUT2D eigenvalue weighted by Crippen LogP contribution is -2.27. The smallest absolute Gasteiger partial charge is 0.266 e. The topological polar surface area (TPSA) is 23.6 Å². The molecule has 2 aliphatic rings. The van der Waals surface area contributed by atoms with Crippen LogP contribution >= 0.6 is 35.7 Å². The number of carbonyl (C=O) groups is 1. The maximum Gasteiger partial charge on any atom is 0.266 e. The standard InChI is InChI=1S/C17H18N2OS3/c1-4-18-12-7-6-11(3)10-14(12)22-15(18)9-8-13-16(20)19(5-2)17(21)23-13/h6-10H,4-5H2,1-3H3/b13-8+,15-9-. The van der Waals surface area contributed by atoms with Gasteiger partial charge in [0.2, 0.25) is 0 Å². The van der Waals surface area contributed by atoms with Crippen LogP contribution in [0, 0.1) is 6.92 Å². The lowest BCUT2D eigenvalue weighted by molar-refractivity contribution is -0.122. The third kappa shape index (κ3) is 3.07. The number of hydrogen-bond donors (Lipinski definition) is 0. The summed E-state index contributed by atoms with van der Waals surface area (Å²) in [6.45, 7) is 7.71. The van der Waals surface area contributed by atoms with Crippen molar-refractivity contribution in [3.05, 3.63) is 45.8 Å². The van der Waals surface area contributed by atoms with Crippen molar-refractivity contribution in [2.45, 2.75) is 25.7 Å². The molecule has 1 aromatic rings. The Hall–Kier alpha value is -1.24. The molecule has 23 heavy (non-hydrogen) atoms. The number of benzene rings is 1. The van der Waals surface area contributed by atoms with E-state index >= 15 is 0 Å². The predicted molar refractivity (Wildman–Crippen MR) is 104 cm³/mol. The van der Waals surface area contributed by atoms with Gasteiger partial charge in [-0.3, -0.25) is 9.69 Å². The van der Waals surface area contributed by atoms with E-state index in [1.54, 1.807) is 16.7 Å². The molecule has 120 valence electrons. The minimum Gasteiger partial charge on any atom is -0.335 e. The van der Waals surface area contributed by atoms with Gasteiger partial charge in [0.15, 0.2) is 0 Å². The summed E-state index contributed by atoms with van der Waals surface area (Å²) >= 11 is 8.38. The van der Waals surface area contributed by atoms with E-state index in [2.05, 4.69) is 36.9 Å². The minimum absolute atomic E-state index is 0.0127. The highest BCUT2D eigenvalue weighted by Crippen LogP contribution is 2.46. The second kappa shape index (κ2) is 6.71. The van der Waals surface area contributed by atoms with Crippen molar-refractivity contribution < 1.29 is 4.79 Å². The molecule has 0 spiro atoms. The molecule has 1 aromatic carbocycles. The van der Waals surface area contributed by atoms with Gasteiger partial charge in [-0.25, -0.2) is 0 Å². The Morgan fingerprint density at radius 1 is 1.13 bits per heavy atom. The van der Waals surface area contributed by atoms with Crippen molar-refractivity contribution >= 4 is 51.7 Å². The third-order valence-corrected chi connectivity index (χ3v) is 6.28. The Morgan fingerprint density at radius 2 is 1.87 bits per heavy atom. The van der Waals surface area contributed by atoms with E-state index in [9.17, 15) is 4.79 Å². The number of rotatable bonds is 3. The Balaban J connectivity index is 1.88. The number of allylic oxidation sites excluding steroid dienone is 2. The van der Waals surface area contributed by atoms with E-state index in [0.29, 0.717) is 15.8 Å². The van der Waals surface area contributed by atoms with Crippen molar-refractivity contribution in [2.24, 2.45) is 0 Å². The second-order valence-electron chi connectivity index (χ2n) is 5.27. The molecule has 1 saturated heterocycles. The van der Waals surface area contributed by atoms with E-state index in [0.717, 1.165) is 11.6 Å². The summed E-state index contributed by atoms with van der Waals surface area (Å²) in [5.41, 5.74) is 2.50. The Bertz CT molecular complexity index is 739. The molecular formula is C17H18N2OS3. The molecule has 1 fully saturated rings. The first-order chi connectivity index (χ1) is 11.0. The molecular weight excluding hydrogens is 344 g/mol. The SMILES string of the molecule is CCN1C(=O)/C(=C\C=C2/Sc3cc(C)ccc3N2CC)SC1=S. The van der Waals surface area contributed by atoms with E-state index in [-0.39, 0.29) is 5.91 Å². The van der Waals surface area contributed by atoms with Crippen LogP contribution in [0.3, 0.4) is 0 Å². The maximum atomic E-state index is 12.3. The van der Waals surface area contributed by atoms with Crippen LogP contribution in [-0.2, 0) is 4.79 Å². The first-order valence-electron chi connectivity index (χ1n) is 7.56. The van der Waals surface area contributed by atoms with Crippen molar-refractivity contribution in [3.8, 4) is 0 Å². The number of carbonyl (C=O) groups excluding carboxylic acids is 1. The third-order valence-electron chi connectivity index (χ3n) is 3.77. The summed E-state index contributed by atoms with van der Waals surface area (Å²) < 4.78 is 0.646. The van der Waals surface area contributed by atoms with Gasteiger partial charge in [0, 0.05) is 18.0 Å². The fourth-order valence-corrected chi connectivity index (χ4v) is 5.15. The molecule has 6 heteroatoms. The first kappa shape index (κ1) is 16.6. The zero-order valence-electron chi connectivity index (χ0n) is 13.3. The quantitative estimate of drug-likeness (QED) is 0.581.